The van der Waals surface area contributed by atoms with E-state index in [1.807, 2.05) is 61.3 Å². The summed E-state index contributed by atoms with van der Waals surface area (Å²) >= 11 is 5.85. The lowest BCUT2D eigenvalue weighted by Crippen LogP contribution is -2.30. The van der Waals surface area contributed by atoms with Crippen molar-refractivity contribution in [3.63, 3.8) is 0 Å². The molecule has 0 radical (unpaired) electrons. The molecule has 0 aliphatic carbocycles. The first-order chi connectivity index (χ1) is 17.8. The quantitative estimate of drug-likeness (QED) is 0.281. The van der Waals surface area contributed by atoms with Crippen LogP contribution < -0.4 is 4.72 Å². The number of benzene rings is 2. The molecule has 1 N–H and O–H groups in total. The van der Waals surface area contributed by atoms with E-state index in [-0.39, 0.29) is 17.3 Å². The first kappa shape index (κ1) is 28.6. The highest BCUT2D eigenvalue weighted by Gasteiger charge is 2.13. The standard InChI is InChI=1S/C29H34ClN3O3S/c1-3-33(4-2)29(34)10-6-5-9-28(25-8-7-20-31-22-25)24-13-11-23(12-14-24)19-21-32-37(35,36)27-17-15-26(30)16-18-27/h7-9,11-18,20,22,32H,3-6,10,19,21H2,1-2H3. The number of amides is 1. The van der Waals surface area contributed by atoms with Crippen molar-refractivity contribution in [1.29, 1.82) is 0 Å². The van der Waals surface area contributed by atoms with Gasteiger partial charge in [-0.05, 0) is 80.1 Å². The Morgan fingerprint density at radius 3 is 2.32 bits per heavy atom. The minimum absolute atomic E-state index is 0.192. The van der Waals surface area contributed by atoms with Crippen LogP contribution in [0.4, 0.5) is 0 Å². The van der Waals surface area contributed by atoms with Crippen molar-refractivity contribution in [1.82, 2.24) is 14.6 Å². The number of nitrogens with one attached hydrogen (secondary N) is 1. The summed E-state index contributed by atoms with van der Waals surface area (Å²) in [5, 5.41) is 0.492. The average molecular weight is 540 g/mol. The third-order valence-corrected chi connectivity index (χ3v) is 7.86. The van der Waals surface area contributed by atoms with Crippen molar-refractivity contribution in [2.45, 2.75) is 44.4 Å². The summed E-state index contributed by atoms with van der Waals surface area (Å²) in [6, 6.07) is 18.2. The van der Waals surface area contributed by atoms with Crippen molar-refractivity contribution >= 4 is 33.1 Å². The Hall–Kier alpha value is -3.00. The van der Waals surface area contributed by atoms with Crippen LogP contribution >= 0.6 is 11.6 Å². The average Bonchev–Trinajstić information content (AvgIpc) is 2.91. The molecule has 2 aromatic carbocycles. The fourth-order valence-corrected chi connectivity index (χ4v) is 5.19. The molecular formula is C29H34ClN3O3S. The Kier molecular flexibility index (Phi) is 10.9. The highest BCUT2D eigenvalue weighted by molar-refractivity contribution is 7.89. The molecule has 1 heterocycles. The number of aromatic nitrogens is 1. The van der Waals surface area contributed by atoms with Crippen LogP contribution in [0.3, 0.4) is 0 Å². The maximum Gasteiger partial charge on any atom is 0.240 e. The topological polar surface area (TPSA) is 79.4 Å². The van der Waals surface area contributed by atoms with Crippen LogP contribution in [0, 0.1) is 0 Å². The second kappa shape index (κ2) is 14.1. The summed E-state index contributed by atoms with van der Waals surface area (Å²) < 4.78 is 27.6. The molecule has 3 aromatic rings. The molecule has 1 amide bonds. The van der Waals surface area contributed by atoms with E-state index in [0.717, 1.165) is 48.2 Å². The number of allylic oxidation sites excluding steroid dienone is 1. The molecule has 3 rings (SSSR count). The number of halogens is 1. The normalized spacial score (nSPS) is 11.9. The van der Waals surface area contributed by atoms with Crippen molar-refractivity contribution in [3.8, 4) is 0 Å². The SMILES string of the molecule is CCN(CC)C(=O)CCCC=C(c1ccc(CCNS(=O)(=O)c2ccc(Cl)cc2)cc1)c1cccnc1. The zero-order valence-corrected chi connectivity index (χ0v) is 22.9. The number of carbonyl (C=O) groups is 1. The zero-order valence-electron chi connectivity index (χ0n) is 21.4. The van der Waals surface area contributed by atoms with Gasteiger partial charge in [-0.1, -0.05) is 48.0 Å². The molecule has 8 heteroatoms. The molecule has 0 saturated heterocycles. The van der Waals surface area contributed by atoms with Gasteiger partial charge in [-0.2, -0.15) is 0 Å². The molecule has 0 fully saturated rings. The first-order valence-electron chi connectivity index (χ1n) is 12.6. The lowest BCUT2D eigenvalue weighted by molar-refractivity contribution is -0.130. The Labute approximate surface area is 225 Å². The van der Waals surface area contributed by atoms with Gasteiger partial charge < -0.3 is 4.90 Å². The lowest BCUT2D eigenvalue weighted by atomic mass is 9.96. The van der Waals surface area contributed by atoms with Crippen molar-refractivity contribution in [2.24, 2.45) is 0 Å². The summed E-state index contributed by atoms with van der Waals surface area (Å²) in [5.41, 5.74) is 4.16. The second-order valence-electron chi connectivity index (χ2n) is 8.62. The summed E-state index contributed by atoms with van der Waals surface area (Å²) in [4.78, 5) is 18.6. The number of sulfonamides is 1. The number of hydrogen-bond donors (Lipinski definition) is 1. The molecule has 1 aromatic heterocycles. The third-order valence-electron chi connectivity index (χ3n) is 6.13. The molecule has 0 unspecified atom stereocenters. The Bertz CT molecular complexity index is 1270. The minimum atomic E-state index is -3.58. The Morgan fingerprint density at radius 2 is 1.70 bits per heavy atom. The van der Waals surface area contributed by atoms with Gasteiger partial charge >= 0.3 is 0 Å². The van der Waals surface area contributed by atoms with E-state index in [4.69, 9.17) is 11.6 Å². The monoisotopic (exact) mass is 539 g/mol. The highest BCUT2D eigenvalue weighted by atomic mass is 35.5. The summed E-state index contributed by atoms with van der Waals surface area (Å²) in [6.07, 6.45) is 8.42. The lowest BCUT2D eigenvalue weighted by Gasteiger charge is -2.18. The van der Waals surface area contributed by atoms with Gasteiger partial charge in [0.15, 0.2) is 0 Å². The van der Waals surface area contributed by atoms with E-state index < -0.39 is 10.0 Å². The van der Waals surface area contributed by atoms with Crippen molar-refractivity contribution in [2.75, 3.05) is 19.6 Å². The number of carbonyl (C=O) groups excluding carboxylic acids is 1. The van der Waals surface area contributed by atoms with Crippen LogP contribution in [0.2, 0.25) is 5.02 Å². The van der Waals surface area contributed by atoms with Crippen LogP contribution in [-0.2, 0) is 21.2 Å². The highest BCUT2D eigenvalue weighted by Crippen LogP contribution is 2.24. The smallest absolute Gasteiger partial charge is 0.240 e. The Morgan fingerprint density at radius 1 is 1.00 bits per heavy atom. The molecular weight excluding hydrogens is 506 g/mol. The van der Waals surface area contributed by atoms with Gasteiger partial charge in [0.25, 0.3) is 0 Å². The van der Waals surface area contributed by atoms with E-state index >= 15 is 0 Å². The number of hydrogen-bond acceptors (Lipinski definition) is 4. The molecule has 0 spiro atoms. The predicted octanol–water partition coefficient (Wildman–Crippen LogP) is 5.73. The van der Waals surface area contributed by atoms with E-state index in [0.29, 0.717) is 17.9 Å². The van der Waals surface area contributed by atoms with Crippen LogP contribution in [-0.4, -0.2) is 43.8 Å². The van der Waals surface area contributed by atoms with Crippen LogP contribution in [0.15, 0.2) is 84.0 Å². The first-order valence-corrected chi connectivity index (χ1v) is 14.4. The zero-order chi connectivity index (χ0) is 26.7. The molecule has 0 saturated carbocycles. The van der Waals surface area contributed by atoms with Gasteiger partial charge in [0.05, 0.1) is 4.90 Å². The van der Waals surface area contributed by atoms with E-state index in [1.165, 1.54) is 12.1 Å². The van der Waals surface area contributed by atoms with Gasteiger partial charge in [-0.25, -0.2) is 13.1 Å². The maximum absolute atomic E-state index is 12.5. The molecule has 0 aliphatic heterocycles. The van der Waals surface area contributed by atoms with Gasteiger partial charge in [0.1, 0.15) is 0 Å². The molecule has 0 atom stereocenters. The minimum Gasteiger partial charge on any atom is -0.343 e. The van der Waals surface area contributed by atoms with Crippen LogP contribution in [0.1, 0.15) is 49.8 Å². The summed E-state index contributed by atoms with van der Waals surface area (Å²) in [7, 11) is -3.58. The van der Waals surface area contributed by atoms with Crippen LogP contribution in [0.25, 0.3) is 5.57 Å². The predicted molar refractivity (Wildman–Crippen MR) is 150 cm³/mol. The van der Waals surface area contributed by atoms with Gasteiger partial charge in [0.2, 0.25) is 15.9 Å². The molecule has 0 aliphatic rings. The Balaban J connectivity index is 1.64. The van der Waals surface area contributed by atoms with Gasteiger partial charge in [-0.15, -0.1) is 0 Å². The molecule has 0 bridgehead atoms. The van der Waals surface area contributed by atoms with E-state index in [9.17, 15) is 13.2 Å². The number of unbranched alkanes of at least 4 members (excludes halogenated alkanes) is 1. The molecule has 6 nitrogen and oxygen atoms in total. The molecule has 37 heavy (non-hydrogen) atoms. The van der Waals surface area contributed by atoms with Crippen molar-refractivity contribution in [3.05, 3.63) is 101 Å². The summed E-state index contributed by atoms with van der Waals surface area (Å²) in [5.74, 6) is 0.192. The fraction of sp³-hybridized carbons (Fsp3) is 0.310. The van der Waals surface area contributed by atoms with E-state index in [2.05, 4.69) is 15.8 Å². The number of rotatable bonds is 13. The van der Waals surface area contributed by atoms with Gasteiger partial charge in [0, 0.05) is 49.0 Å². The number of pyridine rings is 1. The maximum atomic E-state index is 12.5. The van der Waals surface area contributed by atoms with E-state index in [1.54, 1.807) is 18.3 Å². The second-order valence-corrected chi connectivity index (χ2v) is 10.8. The summed E-state index contributed by atoms with van der Waals surface area (Å²) in [6.45, 7) is 5.76. The third kappa shape index (κ3) is 8.52. The number of nitrogens with zero attached hydrogens (tertiary/aromatic N) is 2. The fourth-order valence-electron chi connectivity index (χ4n) is 4.04. The molecule has 196 valence electrons. The van der Waals surface area contributed by atoms with Gasteiger partial charge in [-0.3, -0.25) is 9.78 Å². The van der Waals surface area contributed by atoms with Crippen molar-refractivity contribution < 1.29 is 13.2 Å². The van der Waals surface area contributed by atoms with Crippen LogP contribution in [0.5, 0.6) is 0 Å². The largest absolute Gasteiger partial charge is 0.343 e.